The Bertz CT molecular complexity index is 1010. The lowest BCUT2D eigenvalue weighted by Gasteiger charge is -2.67. The quantitative estimate of drug-likeness (QED) is 0.371. The van der Waals surface area contributed by atoms with Crippen LogP contribution in [0, 0.1) is 10.8 Å². The normalized spacial score (nSPS) is 45.0. The van der Waals surface area contributed by atoms with Crippen LogP contribution in [-0.2, 0) is 33.3 Å². The molecule has 0 bridgehead atoms. The molecule has 2 spiro atoms. The summed E-state index contributed by atoms with van der Waals surface area (Å²) in [7, 11) is 0. The SMILES string of the molecule is CC(=O)OCC12C(OC(C)=O)CC(C)(O)C3(CC(c4ccoc4)OC3=O)C1(O)CCCC21CO1. The van der Waals surface area contributed by atoms with Crippen LogP contribution >= 0.6 is 0 Å². The molecule has 2 N–H and O–H groups in total. The smallest absolute Gasteiger partial charge is 0.318 e. The molecule has 4 aliphatic rings. The van der Waals surface area contributed by atoms with Crippen LogP contribution < -0.4 is 0 Å². The number of epoxide rings is 1. The monoisotopic (exact) mass is 478 g/mol. The Morgan fingerprint density at radius 1 is 1.18 bits per heavy atom. The van der Waals surface area contributed by atoms with Crippen molar-refractivity contribution in [3.63, 3.8) is 0 Å². The minimum absolute atomic E-state index is 0.0282. The van der Waals surface area contributed by atoms with Crippen LogP contribution in [-0.4, -0.2) is 64.2 Å². The van der Waals surface area contributed by atoms with Gasteiger partial charge in [-0.3, -0.25) is 14.4 Å². The second-order valence-corrected chi connectivity index (χ2v) is 10.4. The van der Waals surface area contributed by atoms with Crippen molar-refractivity contribution in [3.05, 3.63) is 24.2 Å². The minimum Gasteiger partial charge on any atom is -0.472 e. The van der Waals surface area contributed by atoms with Gasteiger partial charge in [0.2, 0.25) is 0 Å². The molecule has 1 aromatic rings. The molecule has 2 aliphatic heterocycles. The number of rotatable bonds is 4. The fourth-order valence-corrected chi connectivity index (χ4v) is 7.21. The molecule has 10 nitrogen and oxygen atoms in total. The molecule has 7 unspecified atom stereocenters. The summed E-state index contributed by atoms with van der Waals surface area (Å²) < 4.78 is 28.0. The Kier molecular flexibility index (Phi) is 5.00. The summed E-state index contributed by atoms with van der Waals surface area (Å²) in [6.45, 7) is 3.85. The fourth-order valence-electron chi connectivity index (χ4n) is 7.21. The van der Waals surface area contributed by atoms with E-state index in [4.69, 9.17) is 23.4 Å². The maximum absolute atomic E-state index is 13.7. The van der Waals surface area contributed by atoms with Crippen molar-refractivity contribution in [1.29, 1.82) is 0 Å². The molecule has 0 radical (unpaired) electrons. The number of carbonyl (C=O) groups is 3. The molecule has 2 saturated carbocycles. The van der Waals surface area contributed by atoms with Gasteiger partial charge in [-0.2, -0.15) is 0 Å². The molecule has 3 heterocycles. The molecule has 10 heteroatoms. The van der Waals surface area contributed by atoms with Crippen LogP contribution in [0.3, 0.4) is 0 Å². The lowest BCUT2D eigenvalue weighted by molar-refractivity contribution is -0.330. The average molecular weight is 478 g/mol. The van der Waals surface area contributed by atoms with E-state index in [1.807, 2.05) is 0 Å². The maximum Gasteiger partial charge on any atom is 0.318 e. The summed E-state index contributed by atoms with van der Waals surface area (Å²) in [6.07, 6.45) is 2.00. The molecule has 7 atom stereocenters. The first kappa shape index (κ1) is 23.3. The molecule has 5 rings (SSSR count). The number of carbonyl (C=O) groups excluding carboxylic acids is 3. The van der Waals surface area contributed by atoms with Crippen LogP contribution in [0.4, 0.5) is 0 Å². The molecule has 186 valence electrons. The number of aliphatic hydroxyl groups is 2. The van der Waals surface area contributed by atoms with E-state index in [-0.39, 0.29) is 32.5 Å². The lowest BCUT2D eigenvalue weighted by atomic mass is 9.39. The van der Waals surface area contributed by atoms with Gasteiger partial charge in [0.15, 0.2) is 0 Å². The van der Waals surface area contributed by atoms with E-state index in [0.29, 0.717) is 18.4 Å². The molecule has 1 aromatic heterocycles. The largest absolute Gasteiger partial charge is 0.472 e. The third-order valence-electron chi connectivity index (χ3n) is 8.74. The van der Waals surface area contributed by atoms with Gasteiger partial charge >= 0.3 is 17.9 Å². The third-order valence-corrected chi connectivity index (χ3v) is 8.74. The second-order valence-electron chi connectivity index (χ2n) is 10.4. The van der Waals surface area contributed by atoms with Crippen molar-refractivity contribution >= 4 is 17.9 Å². The van der Waals surface area contributed by atoms with Crippen molar-refractivity contribution in [1.82, 2.24) is 0 Å². The summed E-state index contributed by atoms with van der Waals surface area (Å²) in [5, 5.41) is 24.6. The highest BCUT2D eigenvalue weighted by Crippen LogP contribution is 2.73. The molecular weight excluding hydrogens is 448 g/mol. The Balaban J connectivity index is 1.72. The molecule has 0 amide bonds. The zero-order chi connectivity index (χ0) is 24.6. The van der Waals surface area contributed by atoms with E-state index in [1.165, 1.54) is 33.3 Å². The van der Waals surface area contributed by atoms with E-state index in [0.717, 1.165) is 0 Å². The molecule has 2 saturated heterocycles. The third kappa shape index (κ3) is 2.76. The fraction of sp³-hybridized carbons (Fsp3) is 0.708. The summed E-state index contributed by atoms with van der Waals surface area (Å²) in [5.41, 5.74) is -7.44. The van der Waals surface area contributed by atoms with Crippen molar-refractivity contribution in [2.75, 3.05) is 13.2 Å². The van der Waals surface area contributed by atoms with Crippen LogP contribution in [0.1, 0.15) is 64.5 Å². The summed E-state index contributed by atoms with van der Waals surface area (Å²) in [5.74, 6) is -1.96. The first-order valence-electron chi connectivity index (χ1n) is 11.6. The van der Waals surface area contributed by atoms with Crippen LogP contribution in [0.25, 0.3) is 0 Å². The van der Waals surface area contributed by atoms with Gasteiger partial charge in [0.25, 0.3) is 0 Å². The van der Waals surface area contributed by atoms with E-state index in [2.05, 4.69) is 0 Å². The zero-order valence-corrected chi connectivity index (χ0v) is 19.5. The van der Waals surface area contributed by atoms with Gasteiger partial charge in [-0.15, -0.1) is 0 Å². The zero-order valence-electron chi connectivity index (χ0n) is 19.5. The summed E-state index contributed by atoms with van der Waals surface area (Å²) in [6, 6.07) is 1.67. The Hall–Kier alpha value is -2.43. The summed E-state index contributed by atoms with van der Waals surface area (Å²) >= 11 is 0. The number of esters is 3. The van der Waals surface area contributed by atoms with Gasteiger partial charge in [-0.25, -0.2) is 0 Å². The highest BCUT2D eigenvalue weighted by molar-refractivity contribution is 5.84. The van der Waals surface area contributed by atoms with E-state index >= 15 is 0 Å². The topological polar surface area (TPSA) is 145 Å². The Morgan fingerprint density at radius 3 is 2.50 bits per heavy atom. The van der Waals surface area contributed by atoms with Crippen molar-refractivity contribution < 1.29 is 48.0 Å². The van der Waals surface area contributed by atoms with E-state index in [9.17, 15) is 24.6 Å². The van der Waals surface area contributed by atoms with Gasteiger partial charge < -0.3 is 33.6 Å². The van der Waals surface area contributed by atoms with Gasteiger partial charge in [0.1, 0.15) is 35.2 Å². The first-order valence-corrected chi connectivity index (χ1v) is 11.6. The standard InChI is InChI=1S/C24H30O10/c1-14(25)31-13-23-18(33-15(2)26)10-20(3,28)22(24(23,29)7-4-6-21(23)12-32-21)9-17(34-19(22)27)16-5-8-30-11-16/h5,8,11,17-18,28-29H,4,6-7,9-10,12-13H2,1-3H3. The molecule has 34 heavy (non-hydrogen) atoms. The van der Waals surface area contributed by atoms with Gasteiger partial charge in [0.05, 0.1) is 30.3 Å². The highest BCUT2D eigenvalue weighted by Gasteiger charge is 2.87. The average Bonchev–Trinajstić information content (AvgIpc) is 3.15. The number of ether oxygens (including phenoxy) is 4. The molecule has 4 fully saturated rings. The molecule has 0 aromatic carbocycles. The predicted octanol–water partition coefficient (Wildman–Crippen LogP) is 1.57. The minimum atomic E-state index is -1.97. The van der Waals surface area contributed by atoms with E-state index in [1.54, 1.807) is 6.07 Å². The first-order chi connectivity index (χ1) is 15.9. The van der Waals surface area contributed by atoms with Crippen LogP contribution in [0.5, 0.6) is 0 Å². The van der Waals surface area contributed by atoms with Gasteiger partial charge in [0, 0.05) is 32.3 Å². The van der Waals surface area contributed by atoms with Crippen molar-refractivity contribution in [2.45, 2.75) is 81.9 Å². The Morgan fingerprint density at radius 2 is 1.91 bits per heavy atom. The Labute approximate surface area is 196 Å². The molecular formula is C24H30O10. The van der Waals surface area contributed by atoms with Gasteiger partial charge in [-0.1, -0.05) is 0 Å². The second kappa shape index (κ2) is 7.29. The van der Waals surface area contributed by atoms with Crippen molar-refractivity contribution in [2.24, 2.45) is 10.8 Å². The number of hydrogen-bond donors (Lipinski definition) is 2. The number of hydrogen-bond acceptors (Lipinski definition) is 10. The van der Waals surface area contributed by atoms with Gasteiger partial charge in [-0.05, 0) is 32.3 Å². The van der Waals surface area contributed by atoms with Crippen LogP contribution in [0.2, 0.25) is 0 Å². The number of fused-ring (bicyclic) bond motifs is 3. The van der Waals surface area contributed by atoms with Crippen LogP contribution in [0.15, 0.2) is 23.0 Å². The number of furan rings is 1. The highest BCUT2D eigenvalue weighted by atomic mass is 16.6. The van der Waals surface area contributed by atoms with Crippen molar-refractivity contribution in [3.8, 4) is 0 Å². The van der Waals surface area contributed by atoms with E-state index < -0.39 is 57.7 Å². The summed E-state index contributed by atoms with van der Waals surface area (Å²) in [4.78, 5) is 37.8. The number of cyclic esters (lactones) is 1. The molecule has 2 aliphatic carbocycles. The lowest BCUT2D eigenvalue weighted by Crippen LogP contribution is -2.82. The maximum atomic E-state index is 13.7. The predicted molar refractivity (Wildman–Crippen MR) is 112 cm³/mol.